The Bertz CT molecular complexity index is 530. The molecule has 2 aromatic rings. The van der Waals surface area contributed by atoms with E-state index in [-0.39, 0.29) is 38.5 Å². The summed E-state index contributed by atoms with van der Waals surface area (Å²) in [5, 5.41) is 0. The summed E-state index contributed by atoms with van der Waals surface area (Å²) in [5.74, 6) is -0.588. The van der Waals surface area contributed by atoms with Gasteiger partial charge < -0.3 is 15.7 Å². The van der Waals surface area contributed by atoms with Crippen molar-refractivity contribution < 1.29 is 45.9 Å². The van der Waals surface area contributed by atoms with Gasteiger partial charge in [-0.25, -0.2) is 0 Å². The van der Waals surface area contributed by atoms with E-state index in [1.807, 2.05) is 6.20 Å². The average molecular weight is 328 g/mol. The Labute approximate surface area is 126 Å². The molecule has 18 heavy (non-hydrogen) atoms. The second kappa shape index (κ2) is 5.71. The largest absolute Gasteiger partial charge is 0.434 e. The van der Waals surface area contributed by atoms with Crippen molar-refractivity contribution in [2.24, 2.45) is 0 Å². The quantitative estimate of drug-likeness (QED) is 0.813. The predicted molar refractivity (Wildman–Crippen MR) is 53.5 cm³/mol. The number of nitrogens with zero attached hydrogens (tertiary/aromatic N) is 3. The molecule has 0 bridgehead atoms. The van der Waals surface area contributed by atoms with Crippen LogP contribution in [0, 0.1) is 6.20 Å². The molecule has 0 aromatic carbocycles. The van der Waals surface area contributed by atoms with Gasteiger partial charge in [-0.1, -0.05) is 12.3 Å². The molecule has 0 spiro atoms. The van der Waals surface area contributed by atoms with Crippen LogP contribution in [0.15, 0.2) is 24.5 Å². The third-order valence-corrected chi connectivity index (χ3v) is 1.96. The minimum absolute atomic E-state index is 0. The van der Waals surface area contributed by atoms with Gasteiger partial charge in [0.25, 0.3) is 0 Å². The van der Waals surface area contributed by atoms with E-state index in [9.17, 15) is 13.2 Å². The summed E-state index contributed by atoms with van der Waals surface area (Å²) in [5.41, 5.74) is 4.54. The van der Waals surface area contributed by atoms with Crippen molar-refractivity contribution in [3.8, 4) is 11.4 Å². The molecule has 1 radical (unpaired) electrons. The van der Waals surface area contributed by atoms with Crippen molar-refractivity contribution in [3.63, 3.8) is 0 Å². The van der Waals surface area contributed by atoms with Crippen LogP contribution in [0.4, 0.5) is 19.0 Å². The Hall–Kier alpha value is -1.08. The fourth-order valence-corrected chi connectivity index (χ4v) is 1.19. The summed E-state index contributed by atoms with van der Waals surface area (Å²) in [7, 11) is 0. The van der Waals surface area contributed by atoms with Gasteiger partial charge in [-0.3, -0.25) is 4.98 Å². The number of nitrogen functional groups attached to an aromatic ring is 1. The Morgan fingerprint density at radius 1 is 1.28 bits per heavy atom. The number of hydrogen-bond acceptors (Lipinski definition) is 4. The standard InChI is InChI=1S/C10H6F3N4.Y/c11-10(12,13)7-5-16-9(17-8(7)14)6-2-1-3-15-4-6;/h1-4H,(H2,14,16,17);/q-1;. The molecule has 0 aliphatic rings. The number of hydrogen-bond donors (Lipinski definition) is 1. The van der Waals surface area contributed by atoms with E-state index in [1.165, 1.54) is 12.4 Å². The van der Waals surface area contributed by atoms with E-state index < -0.39 is 17.6 Å². The smallest absolute Gasteiger partial charge is 0.399 e. The molecule has 0 aliphatic heterocycles. The van der Waals surface area contributed by atoms with Gasteiger partial charge in [-0.15, -0.1) is 0 Å². The minimum Gasteiger partial charge on any atom is -0.434 e. The van der Waals surface area contributed by atoms with Gasteiger partial charge in [0.15, 0.2) is 0 Å². The third kappa shape index (κ3) is 3.23. The topological polar surface area (TPSA) is 64.7 Å². The Balaban J connectivity index is 0.00000162. The molecule has 0 fully saturated rings. The molecule has 0 unspecified atom stereocenters. The first-order valence-corrected chi connectivity index (χ1v) is 4.51. The van der Waals surface area contributed by atoms with Crippen molar-refractivity contribution in [1.29, 1.82) is 0 Å². The van der Waals surface area contributed by atoms with Gasteiger partial charge in [0.05, 0.1) is 0 Å². The summed E-state index contributed by atoms with van der Waals surface area (Å²) in [4.78, 5) is 10.9. The van der Waals surface area contributed by atoms with Crippen LogP contribution >= 0.6 is 0 Å². The van der Waals surface area contributed by atoms with Crippen LogP contribution in [0.1, 0.15) is 5.56 Å². The van der Waals surface area contributed by atoms with E-state index in [0.29, 0.717) is 5.56 Å². The van der Waals surface area contributed by atoms with E-state index in [2.05, 4.69) is 15.0 Å². The molecule has 4 nitrogen and oxygen atoms in total. The van der Waals surface area contributed by atoms with Gasteiger partial charge in [-0.05, 0) is 11.6 Å². The van der Waals surface area contributed by atoms with Gasteiger partial charge in [0.1, 0.15) is 0 Å². The summed E-state index contributed by atoms with van der Waals surface area (Å²) < 4.78 is 37.1. The van der Waals surface area contributed by atoms with Gasteiger partial charge >= 0.3 is 6.18 Å². The zero-order valence-corrected chi connectivity index (χ0v) is 11.8. The minimum atomic E-state index is -4.60. The first kappa shape index (κ1) is 15.0. The van der Waals surface area contributed by atoms with Crippen LogP contribution in [0.2, 0.25) is 0 Å². The summed E-state index contributed by atoms with van der Waals surface area (Å²) in [6.07, 6.45) is 0.209. The zero-order chi connectivity index (χ0) is 12.5. The van der Waals surface area contributed by atoms with E-state index >= 15 is 0 Å². The Kier molecular flexibility index (Phi) is 4.75. The maximum absolute atomic E-state index is 12.4. The molecule has 2 heterocycles. The van der Waals surface area contributed by atoms with Crippen molar-refractivity contribution in [2.75, 3.05) is 5.73 Å². The summed E-state index contributed by atoms with van der Waals surface area (Å²) in [6, 6.07) is 3.23. The number of anilines is 1. The molecule has 91 valence electrons. The molecule has 8 heteroatoms. The molecule has 2 aromatic heterocycles. The molecule has 0 saturated heterocycles. The van der Waals surface area contributed by atoms with Crippen molar-refractivity contribution >= 4 is 5.82 Å². The van der Waals surface area contributed by atoms with Crippen LogP contribution in [-0.2, 0) is 38.9 Å². The van der Waals surface area contributed by atoms with Crippen molar-refractivity contribution in [1.82, 2.24) is 15.0 Å². The van der Waals surface area contributed by atoms with Crippen LogP contribution in [0.3, 0.4) is 0 Å². The molecule has 2 N–H and O–H groups in total. The fourth-order valence-electron chi connectivity index (χ4n) is 1.19. The van der Waals surface area contributed by atoms with E-state index in [0.717, 1.165) is 0 Å². The molecular weight excluding hydrogens is 322 g/mol. The molecule has 0 atom stereocenters. The number of pyridine rings is 1. The van der Waals surface area contributed by atoms with E-state index in [1.54, 1.807) is 12.1 Å². The molecule has 0 amide bonds. The van der Waals surface area contributed by atoms with E-state index in [4.69, 9.17) is 5.73 Å². The van der Waals surface area contributed by atoms with Crippen LogP contribution < -0.4 is 5.73 Å². The molecule has 0 saturated carbocycles. The van der Waals surface area contributed by atoms with Gasteiger partial charge in [0, 0.05) is 62.3 Å². The summed E-state index contributed by atoms with van der Waals surface area (Å²) in [6.45, 7) is 0. The number of aromatic nitrogens is 3. The van der Waals surface area contributed by atoms with Crippen molar-refractivity contribution in [3.05, 3.63) is 36.3 Å². The van der Waals surface area contributed by atoms with Crippen LogP contribution in [0.25, 0.3) is 11.4 Å². The van der Waals surface area contributed by atoms with Crippen molar-refractivity contribution in [2.45, 2.75) is 6.18 Å². The second-order valence-electron chi connectivity index (χ2n) is 3.16. The van der Waals surface area contributed by atoms with Gasteiger partial charge in [0.2, 0.25) is 0 Å². The number of halogens is 3. The number of nitrogens with two attached hydrogens (primary N) is 1. The number of rotatable bonds is 1. The molecule has 0 aliphatic carbocycles. The normalized spacial score (nSPS) is 10.8. The van der Waals surface area contributed by atoms with Gasteiger partial charge in [-0.2, -0.15) is 13.2 Å². The summed E-state index contributed by atoms with van der Waals surface area (Å²) >= 11 is 0. The van der Waals surface area contributed by atoms with Crippen LogP contribution in [0.5, 0.6) is 0 Å². The monoisotopic (exact) mass is 328 g/mol. The second-order valence-corrected chi connectivity index (χ2v) is 3.16. The maximum atomic E-state index is 12.4. The SMILES string of the molecule is Nc1nc(-c2cccnc2)n[c-]c1C(F)(F)F.[Y]. The first-order valence-electron chi connectivity index (χ1n) is 4.51. The average Bonchev–Trinajstić information content (AvgIpc) is 2.28. The molecule has 2 rings (SSSR count). The Morgan fingerprint density at radius 2 is 2.00 bits per heavy atom. The first-order chi connectivity index (χ1) is 7.98. The predicted octanol–water partition coefficient (Wildman–Crippen LogP) is 1.94. The zero-order valence-electron chi connectivity index (χ0n) is 8.94. The van der Waals surface area contributed by atoms with Crippen LogP contribution in [-0.4, -0.2) is 15.0 Å². The maximum Gasteiger partial charge on any atom is 0.399 e. The third-order valence-electron chi connectivity index (χ3n) is 1.96. The number of alkyl halides is 3. The Morgan fingerprint density at radius 3 is 2.50 bits per heavy atom. The molecular formula is C10H6F3N4Y-. The fraction of sp³-hybridized carbons (Fsp3) is 0.100.